The molecular weight excluding hydrogens is 200 g/mol. The lowest BCUT2D eigenvalue weighted by molar-refractivity contribution is -0.383. The van der Waals surface area contributed by atoms with Crippen LogP contribution < -0.4 is 10.1 Å². The van der Waals surface area contributed by atoms with E-state index < -0.39 is 4.92 Å². The zero-order valence-corrected chi connectivity index (χ0v) is 8.10. The molecule has 0 bridgehead atoms. The predicted molar refractivity (Wildman–Crippen MR) is 54.0 cm³/mol. The van der Waals surface area contributed by atoms with Gasteiger partial charge in [-0.05, 0) is 13.0 Å². The number of carbonyl (C=O) groups excluding carboxylic acids is 1. The number of nitrogens with zero attached hydrogens (tertiary/aromatic N) is 1. The van der Waals surface area contributed by atoms with Gasteiger partial charge in [-0.2, -0.15) is 0 Å². The van der Waals surface area contributed by atoms with Crippen LogP contribution in [0.15, 0.2) is 18.2 Å². The van der Waals surface area contributed by atoms with Crippen LogP contribution in [0.2, 0.25) is 0 Å². The second-order valence-electron chi connectivity index (χ2n) is 2.63. The van der Waals surface area contributed by atoms with Gasteiger partial charge in [0.1, 0.15) is 11.4 Å². The predicted octanol–water partition coefficient (Wildman–Crippen LogP) is 1.56. The molecule has 0 fully saturated rings. The van der Waals surface area contributed by atoms with Gasteiger partial charge in [-0.3, -0.25) is 14.9 Å². The van der Waals surface area contributed by atoms with E-state index in [1.165, 1.54) is 18.2 Å². The summed E-state index contributed by atoms with van der Waals surface area (Å²) in [5.41, 5.74) is -0.0356. The van der Waals surface area contributed by atoms with E-state index in [-0.39, 0.29) is 11.4 Å². The summed E-state index contributed by atoms with van der Waals surface area (Å²) in [5.74, 6) is 0.479. The highest BCUT2D eigenvalue weighted by atomic mass is 16.6. The number of rotatable bonds is 5. The summed E-state index contributed by atoms with van der Waals surface area (Å²) in [5, 5.41) is 12.8. The number of nitrogens with one attached hydrogen (secondary N) is 1. The number of nitro benzene ring substituents is 1. The summed E-state index contributed by atoms with van der Waals surface area (Å²) in [6, 6.07) is 4.18. The molecule has 0 aliphatic carbocycles. The van der Waals surface area contributed by atoms with Crippen LogP contribution in [0, 0.1) is 10.1 Å². The third-order valence-electron chi connectivity index (χ3n) is 1.69. The Hall–Kier alpha value is -2.11. The quantitative estimate of drug-likeness (QED) is 0.454. The number of carbonyl (C=O) groups is 1. The van der Waals surface area contributed by atoms with Gasteiger partial charge >= 0.3 is 0 Å². The molecule has 0 saturated heterocycles. The monoisotopic (exact) mass is 210 g/mol. The Morgan fingerprint density at radius 3 is 2.87 bits per heavy atom. The van der Waals surface area contributed by atoms with E-state index in [1.807, 2.05) is 0 Å². The molecule has 0 saturated carbocycles. The van der Waals surface area contributed by atoms with Gasteiger partial charge in [0, 0.05) is 12.1 Å². The van der Waals surface area contributed by atoms with E-state index in [4.69, 9.17) is 4.74 Å². The van der Waals surface area contributed by atoms with Crippen molar-refractivity contribution in [2.45, 2.75) is 6.92 Å². The summed E-state index contributed by atoms with van der Waals surface area (Å²) >= 11 is 0. The van der Waals surface area contributed by atoms with Crippen LogP contribution in [0.25, 0.3) is 0 Å². The lowest BCUT2D eigenvalue weighted by Crippen LogP contribution is -2.00. The van der Waals surface area contributed by atoms with E-state index in [9.17, 15) is 14.9 Å². The van der Waals surface area contributed by atoms with Crippen molar-refractivity contribution in [3.63, 3.8) is 0 Å². The average molecular weight is 210 g/mol. The minimum atomic E-state index is -0.568. The van der Waals surface area contributed by atoms with Gasteiger partial charge in [0.25, 0.3) is 5.69 Å². The molecule has 0 aliphatic rings. The molecule has 6 heteroatoms. The highest BCUT2D eigenvalue weighted by Gasteiger charge is 2.13. The zero-order chi connectivity index (χ0) is 11.3. The summed E-state index contributed by atoms with van der Waals surface area (Å²) in [6.07, 6.45) is 0.387. The van der Waals surface area contributed by atoms with Crippen LogP contribution in [-0.4, -0.2) is 17.9 Å². The summed E-state index contributed by atoms with van der Waals surface area (Å²) < 4.78 is 5.15. The molecule has 1 aromatic rings. The molecule has 1 amide bonds. The van der Waals surface area contributed by atoms with Crippen LogP contribution >= 0.6 is 0 Å². The molecule has 1 rings (SSSR count). The van der Waals surface area contributed by atoms with Gasteiger partial charge in [-0.1, -0.05) is 0 Å². The number of hydrogen-bond donors (Lipinski definition) is 1. The summed E-state index contributed by atoms with van der Waals surface area (Å²) in [4.78, 5) is 20.3. The molecule has 0 spiro atoms. The fraction of sp³-hybridized carbons (Fsp3) is 0.222. The third-order valence-corrected chi connectivity index (χ3v) is 1.69. The highest BCUT2D eigenvalue weighted by Crippen LogP contribution is 2.28. The molecule has 0 aliphatic heterocycles. The smallest absolute Gasteiger partial charge is 0.293 e. The van der Waals surface area contributed by atoms with Gasteiger partial charge in [-0.25, -0.2) is 0 Å². The number of ether oxygens (including phenoxy) is 1. The molecule has 0 radical (unpaired) electrons. The van der Waals surface area contributed by atoms with Gasteiger partial charge in [0.15, 0.2) is 0 Å². The van der Waals surface area contributed by atoms with Crippen LogP contribution in [0.1, 0.15) is 6.92 Å². The zero-order valence-electron chi connectivity index (χ0n) is 8.10. The maximum atomic E-state index is 10.6. The second kappa shape index (κ2) is 4.94. The second-order valence-corrected chi connectivity index (χ2v) is 2.63. The molecule has 0 aromatic heterocycles. The number of amides is 1. The Morgan fingerprint density at radius 2 is 2.33 bits per heavy atom. The van der Waals surface area contributed by atoms with Crippen molar-refractivity contribution in [2.75, 3.05) is 11.9 Å². The van der Waals surface area contributed by atoms with Crippen molar-refractivity contribution in [2.24, 2.45) is 0 Å². The van der Waals surface area contributed by atoms with Crippen LogP contribution in [0.5, 0.6) is 5.75 Å². The molecular formula is C9H10N2O4. The van der Waals surface area contributed by atoms with Gasteiger partial charge in [0.05, 0.1) is 11.5 Å². The van der Waals surface area contributed by atoms with Gasteiger partial charge in [-0.15, -0.1) is 0 Å². The highest BCUT2D eigenvalue weighted by molar-refractivity contribution is 5.78. The van der Waals surface area contributed by atoms with Crippen molar-refractivity contribution in [3.05, 3.63) is 28.3 Å². The first-order valence-corrected chi connectivity index (χ1v) is 4.30. The third kappa shape index (κ3) is 2.67. The first-order chi connectivity index (χ1) is 7.19. The maximum Gasteiger partial charge on any atom is 0.293 e. The Bertz CT molecular complexity index is 378. The van der Waals surface area contributed by atoms with Crippen molar-refractivity contribution in [1.82, 2.24) is 0 Å². The fourth-order valence-corrected chi connectivity index (χ4v) is 1.11. The fourth-order valence-electron chi connectivity index (χ4n) is 1.11. The Balaban J connectivity index is 3.08. The molecule has 6 nitrogen and oxygen atoms in total. The van der Waals surface area contributed by atoms with Crippen molar-refractivity contribution in [1.29, 1.82) is 0 Å². The Kier molecular flexibility index (Phi) is 3.61. The van der Waals surface area contributed by atoms with E-state index in [0.29, 0.717) is 18.8 Å². The molecule has 0 unspecified atom stereocenters. The summed E-state index contributed by atoms with van der Waals surface area (Å²) in [6.45, 7) is 2.26. The van der Waals surface area contributed by atoms with E-state index >= 15 is 0 Å². The topological polar surface area (TPSA) is 81.5 Å². The molecule has 0 atom stereocenters. The maximum absolute atomic E-state index is 10.6. The molecule has 15 heavy (non-hydrogen) atoms. The Morgan fingerprint density at radius 1 is 1.60 bits per heavy atom. The lowest BCUT2D eigenvalue weighted by Gasteiger charge is -2.05. The SMILES string of the molecule is CCOc1ccc([N+](=O)[O-])c(NC=O)c1. The first-order valence-electron chi connectivity index (χ1n) is 4.30. The standard InChI is InChI=1S/C9H10N2O4/c1-2-15-7-3-4-9(11(13)14)8(5-7)10-6-12/h3-6H,2H2,1H3,(H,10,12). The summed E-state index contributed by atoms with van der Waals surface area (Å²) in [7, 11) is 0. The van der Waals surface area contributed by atoms with E-state index in [2.05, 4.69) is 5.32 Å². The minimum absolute atomic E-state index is 0.126. The lowest BCUT2D eigenvalue weighted by atomic mass is 10.2. The first kappa shape index (κ1) is 11.0. The van der Waals surface area contributed by atoms with Crippen molar-refractivity contribution < 1.29 is 14.5 Å². The van der Waals surface area contributed by atoms with Crippen LogP contribution in [0.3, 0.4) is 0 Å². The molecule has 0 heterocycles. The van der Waals surface area contributed by atoms with Gasteiger partial charge in [0.2, 0.25) is 6.41 Å². The molecule has 80 valence electrons. The molecule has 1 N–H and O–H groups in total. The normalized spacial score (nSPS) is 9.40. The largest absolute Gasteiger partial charge is 0.494 e. The van der Waals surface area contributed by atoms with Crippen LogP contribution in [0.4, 0.5) is 11.4 Å². The molecule has 1 aromatic carbocycles. The number of nitro groups is 1. The minimum Gasteiger partial charge on any atom is -0.494 e. The van der Waals surface area contributed by atoms with Crippen LogP contribution in [-0.2, 0) is 4.79 Å². The number of hydrogen-bond acceptors (Lipinski definition) is 4. The Labute approximate surface area is 86.0 Å². The van der Waals surface area contributed by atoms with E-state index in [1.54, 1.807) is 6.92 Å². The average Bonchev–Trinajstić information content (AvgIpc) is 2.18. The number of benzene rings is 1. The van der Waals surface area contributed by atoms with Gasteiger partial charge < -0.3 is 10.1 Å². The van der Waals surface area contributed by atoms with E-state index in [0.717, 1.165) is 0 Å². The van der Waals surface area contributed by atoms with Crippen molar-refractivity contribution in [3.8, 4) is 5.75 Å². The number of anilines is 1. The van der Waals surface area contributed by atoms with Crippen molar-refractivity contribution >= 4 is 17.8 Å².